The molecule has 0 aromatic heterocycles. The number of aliphatic carboxylic acids is 1. The van der Waals surface area contributed by atoms with Crippen LogP contribution in [0.1, 0.15) is 6.42 Å². The van der Waals surface area contributed by atoms with Crippen molar-refractivity contribution >= 4 is 5.97 Å². The van der Waals surface area contributed by atoms with Crippen LogP contribution in [0.3, 0.4) is 0 Å². The van der Waals surface area contributed by atoms with Crippen molar-refractivity contribution < 1.29 is 27.8 Å². The van der Waals surface area contributed by atoms with Crippen LogP contribution in [0, 0.1) is 0 Å². The van der Waals surface area contributed by atoms with Gasteiger partial charge in [-0.25, -0.2) is 0 Å². The summed E-state index contributed by atoms with van der Waals surface area (Å²) in [5, 5.41) is 10.9. The Morgan fingerprint density at radius 3 is 2.57 bits per heavy atom. The summed E-state index contributed by atoms with van der Waals surface area (Å²) in [4.78, 5) is 10.3. The lowest BCUT2D eigenvalue weighted by molar-refractivity contribution is -0.284. The average molecular weight is 213 g/mol. The third-order valence-corrected chi connectivity index (χ3v) is 2.02. The van der Waals surface area contributed by atoms with Crippen molar-refractivity contribution in [3.8, 4) is 0 Å². The van der Waals surface area contributed by atoms with Crippen molar-refractivity contribution in [1.82, 2.24) is 5.32 Å². The van der Waals surface area contributed by atoms with Crippen molar-refractivity contribution in [2.24, 2.45) is 0 Å². The third kappa shape index (κ3) is 2.16. The summed E-state index contributed by atoms with van der Waals surface area (Å²) >= 11 is 0. The molecule has 1 aliphatic heterocycles. The van der Waals surface area contributed by atoms with E-state index in [-0.39, 0.29) is 6.61 Å². The molecular formula is C7H10F3NO3. The van der Waals surface area contributed by atoms with E-state index in [1.165, 1.54) is 0 Å². The molecule has 0 aliphatic carbocycles. The van der Waals surface area contributed by atoms with Crippen LogP contribution in [-0.4, -0.2) is 42.5 Å². The second kappa shape index (κ2) is 3.74. The number of hydrogen-bond acceptors (Lipinski definition) is 3. The van der Waals surface area contributed by atoms with E-state index in [0.717, 1.165) is 0 Å². The number of alkyl halides is 3. The second-order valence-electron chi connectivity index (χ2n) is 3.09. The van der Waals surface area contributed by atoms with Gasteiger partial charge in [0.15, 0.2) is 5.60 Å². The second-order valence-corrected chi connectivity index (χ2v) is 3.09. The van der Waals surface area contributed by atoms with Crippen LogP contribution in [0.4, 0.5) is 13.2 Å². The summed E-state index contributed by atoms with van der Waals surface area (Å²) < 4.78 is 42.2. The molecule has 0 bridgehead atoms. The van der Waals surface area contributed by atoms with Gasteiger partial charge in [0.2, 0.25) is 0 Å². The fourth-order valence-corrected chi connectivity index (χ4v) is 1.30. The molecule has 14 heavy (non-hydrogen) atoms. The maximum absolute atomic E-state index is 12.5. The smallest absolute Gasteiger partial charge is 0.419 e. The molecule has 0 aromatic rings. The largest absolute Gasteiger partial charge is 0.481 e. The molecule has 0 unspecified atom stereocenters. The van der Waals surface area contributed by atoms with Gasteiger partial charge in [-0.15, -0.1) is 0 Å². The van der Waals surface area contributed by atoms with Crippen LogP contribution < -0.4 is 5.32 Å². The molecule has 1 atom stereocenters. The lowest BCUT2D eigenvalue weighted by atomic mass is 9.97. The Bertz CT molecular complexity index is 223. The maximum atomic E-state index is 12.5. The first-order valence-corrected chi connectivity index (χ1v) is 4.01. The molecule has 0 spiro atoms. The topological polar surface area (TPSA) is 58.6 Å². The van der Waals surface area contributed by atoms with Gasteiger partial charge >= 0.3 is 12.1 Å². The molecule has 2 N–H and O–H groups in total. The highest BCUT2D eigenvalue weighted by atomic mass is 19.4. The number of ether oxygens (including phenoxy) is 1. The highest BCUT2D eigenvalue weighted by molar-refractivity contribution is 5.68. The van der Waals surface area contributed by atoms with E-state index in [0.29, 0.717) is 6.54 Å². The van der Waals surface area contributed by atoms with E-state index in [4.69, 9.17) is 5.11 Å². The SMILES string of the molecule is O=C(O)C[C@@]1(C(F)(F)F)CNCCO1. The molecule has 1 rings (SSSR count). The Morgan fingerprint density at radius 1 is 1.57 bits per heavy atom. The summed E-state index contributed by atoms with van der Waals surface area (Å²) in [6.45, 7) is -0.340. The highest BCUT2D eigenvalue weighted by Crippen LogP contribution is 2.37. The van der Waals surface area contributed by atoms with Gasteiger partial charge in [-0.05, 0) is 0 Å². The Kier molecular flexibility index (Phi) is 3.01. The first-order chi connectivity index (χ1) is 6.37. The van der Waals surface area contributed by atoms with Crippen molar-refractivity contribution in [3.05, 3.63) is 0 Å². The van der Waals surface area contributed by atoms with Crippen LogP contribution in [0.25, 0.3) is 0 Å². The molecule has 1 fully saturated rings. The van der Waals surface area contributed by atoms with Gasteiger partial charge in [0.1, 0.15) is 0 Å². The molecule has 0 aromatic carbocycles. The van der Waals surface area contributed by atoms with Gasteiger partial charge < -0.3 is 15.2 Å². The average Bonchev–Trinajstić information content (AvgIpc) is 2.02. The van der Waals surface area contributed by atoms with Crippen molar-refractivity contribution in [2.45, 2.75) is 18.2 Å². The third-order valence-electron chi connectivity index (χ3n) is 2.02. The standard InChI is InChI=1S/C7H10F3NO3/c8-7(9,10)6(3-5(12)13)4-11-1-2-14-6/h11H,1-4H2,(H,12,13)/t6-/m0/s1. The van der Waals surface area contributed by atoms with E-state index in [2.05, 4.69) is 10.1 Å². The predicted molar refractivity (Wildman–Crippen MR) is 39.9 cm³/mol. The van der Waals surface area contributed by atoms with E-state index < -0.39 is 30.7 Å². The van der Waals surface area contributed by atoms with Gasteiger partial charge in [-0.1, -0.05) is 0 Å². The first-order valence-electron chi connectivity index (χ1n) is 4.01. The van der Waals surface area contributed by atoms with Crippen molar-refractivity contribution in [3.63, 3.8) is 0 Å². The monoisotopic (exact) mass is 213 g/mol. The van der Waals surface area contributed by atoms with Crippen molar-refractivity contribution in [2.75, 3.05) is 19.7 Å². The summed E-state index contributed by atoms with van der Waals surface area (Å²) in [6, 6.07) is 0. The molecule has 4 nitrogen and oxygen atoms in total. The minimum Gasteiger partial charge on any atom is -0.481 e. The van der Waals surface area contributed by atoms with Crippen LogP contribution in [0.15, 0.2) is 0 Å². The van der Waals surface area contributed by atoms with E-state index >= 15 is 0 Å². The number of hydrogen-bond donors (Lipinski definition) is 2. The van der Waals surface area contributed by atoms with E-state index in [1.54, 1.807) is 0 Å². The number of halogens is 3. The molecule has 7 heteroatoms. The number of carboxylic acids is 1. The number of carbonyl (C=O) groups is 1. The fourth-order valence-electron chi connectivity index (χ4n) is 1.30. The Balaban J connectivity index is 2.83. The predicted octanol–water partition coefficient (Wildman–Crippen LogP) is 0.382. The molecule has 1 saturated heterocycles. The minimum atomic E-state index is -4.67. The van der Waals surface area contributed by atoms with Crippen molar-refractivity contribution in [1.29, 1.82) is 0 Å². The highest BCUT2D eigenvalue weighted by Gasteiger charge is 2.57. The van der Waals surface area contributed by atoms with E-state index in [9.17, 15) is 18.0 Å². The number of rotatable bonds is 2. The Labute approximate surface area is 78.0 Å². The first kappa shape index (κ1) is 11.3. The zero-order valence-electron chi connectivity index (χ0n) is 7.23. The van der Waals surface area contributed by atoms with Crippen LogP contribution in [-0.2, 0) is 9.53 Å². The molecule has 1 aliphatic rings. The minimum absolute atomic E-state index is 0.132. The van der Waals surface area contributed by atoms with Gasteiger partial charge in [0, 0.05) is 13.1 Å². The summed E-state index contributed by atoms with van der Waals surface area (Å²) in [6.07, 6.45) is -5.73. The zero-order chi connectivity index (χ0) is 10.8. The number of morpholine rings is 1. The quantitative estimate of drug-likeness (QED) is 0.696. The lowest BCUT2D eigenvalue weighted by Crippen LogP contribution is -2.59. The van der Waals surface area contributed by atoms with Gasteiger partial charge in [0.05, 0.1) is 13.0 Å². The molecular weight excluding hydrogens is 203 g/mol. The molecule has 82 valence electrons. The molecule has 0 radical (unpaired) electrons. The summed E-state index contributed by atoms with van der Waals surface area (Å²) in [7, 11) is 0. The lowest BCUT2D eigenvalue weighted by Gasteiger charge is -2.37. The Morgan fingerprint density at radius 2 is 2.21 bits per heavy atom. The maximum Gasteiger partial charge on any atom is 0.419 e. The number of carboxylic acid groups (broad SMARTS) is 1. The molecule has 0 amide bonds. The van der Waals surface area contributed by atoms with Crippen LogP contribution in [0.2, 0.25) is 0 Å². The van der Waals surface area contributed by atoms with Gasteiger partial charge in [-0.3, -0.25) is 4.79 Å². The van der Waals surface area contributed by atoms with Gasteiger partial charge in [-0.2, -0.15) is 13.2 Å². The molecule has 1 heterocycles. The van der Waals surface area contributed by atoms with Gasteiger partial charge in [0.25, 0.3) is 0 Å². The number of nitrogens with one attached hydrogen (secondary N) is 1. The van der Waals surface area contributed by atoms with E-state index in [1.807, 2.05) is 0 Å². The summed E-state index contributed by atoms with van der Waals surface area (Å²) in [5.41, 5.74) is -2.57. The summed E-state index contributed by atoms with van der Waals surface area (Å²) in [5.74, 6) is -1.52. The normalized spacial score (nSPS) is 28.8. The zero-order valence-corrected chi connectivity index (χ0v) is 7.23. The molecule has 0 saturated carbocycles. The van der Waals surface area contributed by atoms with Crippen LogP contribution >= 0.6 is 0 Å². The fraction of sp³-hybridized carbons (Fsp3) is 0.857. The van der Waals surface area contributed by atoms with Crippen LogP contribution in [0.5, 0.6) is 0 Å². The Hall–Kier alpha value is -0.820.